The van der Waals surface area contributed by atoms with Gasteiger partial charge in [0, 0.05) is 12.8 Å². The molecule has 0 aromatic heterocycles. The number of carbonyl (C=O) groups excluding carboxylic acids is 2. The van der Waals surface area contributed by atoms with Gasteiger partial charge in [0.1, 0.15) is 0 Å². The van der Waals surface area contributed by atoms with Crippen molar-refractivity contribution in [3.05, 3.63) is 0 Å². The molecule has 0 radical (unpaired) electrons. The minimum absolute atomic E-state index is 0.0562. The molecule has 1 heterocycles. The third-order valence-corrected chi connectivity index (χ3v) is 3.05. The van der Waals surface area contributed by atoms with Crippen LogP contribution in [0.1, 0.15) is 39.5 Å². The summed E-state index contributed by atoms with van der Waals surface area (Å²) in [7, 11) is 0. The molecule has 2 unspecified atom stereocenters. The van der Waals surface area contributed by atoms with Crippen molar-refractivity contribution in [3.63, 3.8) is 0 Å². The highest BCUT2D eigenvalue weighted by atomic mass is 16.5. The molecule has 0 N–H and O–H groups in total. The summed E-state index contributed by atoms with van der Waals surface area (Å²) in [6, 6.07) is 0. The van der Waals surface area contributed by atoms with Gasteiger partial charge in [0.25, 0.3) is 0 Å². The molecule has 0 aromatic rings. The number of ether oxygens (including phenoxy) is 2. The Labute approximate surface area is 96.3 Å². The van der Waals surface area contributed by atoms with Gasteiger partial charge in [-0.2, -0.15) is 0 Å². The van der Waals surface area contributed by atoms with Crippen LogP contribution in [0.4, 0.5) is 0 Å². The van der Waals surface area contributed by atoms with Gasteiger partial charge in [-0.25, -0.2) is 0 Å². The normalized spacial score (nSPS) is 24.2. The van der Waals surface area contributed by atoms with E-state index in [1.54, 1.807) is 0 Å². The van der Waals surface area contributed by atoms with Crippen molar-refractivity contribution in [2.45, 2.75) is 39.5 Å². The standard InChI is InChI=1S/C12H20O4/c1-3-10-8-16-12(14)11(10)6-4-5-7-15-9(2)13/h10-11H,3-8H2,1-2H3. The van der Waals surface area contributed by atoms with E-state index < -0.39 is 0 Å². The van der Waals surface area contributed by atoms with E-state index in [9.17, 15) is 9.59 Å². The van der Waals surface area contributed by atoms with E-state index in [-0.39, 0.29) is 17.9 Å². The molecule has 16 heavy (non-hydrogen) atoms. The van der Waals surface area contributed by atoms with Gasteiger partial charge in [-0.05, 0) is 25.7 Å². The molecule has 0 aliphatic carbocycles. The van der Waals surface area contributed by atoms with Crippen molar-refractivity contribution < 1.29 is 19.1 Å². The minimum Gasteiger partial charge on any atom is -0.466 e. The van der Waals surface area contributed by atoms with Gasteiger partial charge in [0.05, 0.1) is 19.1 Å². The Hall–Kier alpha value is -1.06. The van der Waals surface area contributed by atoms with Crippen LogP contribution in [0.15, 0.2) is 0 Å². The van der Waals surface area contributed by atoms with Gasteiger partial charge in [-0.3, -0.25) is 9.59 Å². The Kier molecular flexibility index (Phi) is 5.29. The summed E-state index contributed by atoms with van der Waals surface area (Å²) < 4.78 is 9.87. The molecule has 1 fully saturated rings. The molecule has 0 spiro atoms. The van der Waals surface area contributed by atoms with E-state index in [4.69, 9.17) is 9.47 Å². The van der Waals surface area contributed by atoms with E-state index in [1.165, 1.54) is 6.92 Å². The van der Waals surface area contributed by atoms with Crippen molar-refractivity contribution >= 4 is 11.9 Å². The van der Waals surface area contributed by atoms with E-state index in [1.807, 2.05) is 0 Å². The topological polar surface area (TPSA) is 52.6 Å². The van der Waals surface area contributed by atoms with Gasteiger partial charge >= 0.3 is 11.9 Å². The molecule has 4 nitrogen and oxygen atoms in total. The first-order valence-electron chi connectivity index (χ1n) is 5.95. The Bertz CT molecular complexity index is 249. The van der Waals surface area contributed by atoms with Crippen molar-refractivity contribution in [1.82, 2.24) is 0 Å². The molecule has 1 rings (SSSR count). The fraction of sp³-hybridized carbons (Fsp3) is 0.833. The molecule has 2 atom stereocenters. The molecule has 1 aliphatic rings. The van der Waals surface area contributed by atoms with Gasteiger partial charge in [-0.15, -0.1) is 0 Å². The largest absolute Gasteiger partial charge is 0.466 e. The molecule has 1 aliphatic heterocycles. The Balaban J connectivity index is 2.16. The summed E-state index contributed by atoms with van der Waals surface area (Å²) in [6.07, 6.45) is 3.56. The summed E-state index contributed by atoms with van der Waals surface area (Å²) >= 11 is 0. The van der Waals surface area contributed by atoms with Crippen molar-refractivity contribution in [2.75, 3.05) is 13.2 Å². The van der Waals surface area contributed by atoms with Crippen LogP contribution in [0.2, 0.25) is 0 Å². The molecule has 1 saturated heterocycles. The maximum absolute atomic E-state index is 11.4. The number of hydrogen-bond acceptors (Lipinski definition) is 4. The molecular weight excluding hydrogens is 208 g/mol. The molecule has 4 heteroatoms. The fourth-order valence-corrected chi connectivity index (χ4v) is 2.04. The number of rotatable bonds is 6. The van der Waals surface area contributed by atoms with E-state index >= 15 is 0 Å². The van der Waals surface area contributed by atoms with E-state index in [0.717, 1.165) is 25.7 Å². The van der Waals surface area contributed by atoms with Gasteiger partial charge in [0.2, 0.25) is 0 Å². The van der Waals surface area contributed by atoms with Crippen LogP contribution in [-0.2, 0) is 19.1 Å². The smallest absolute Gasteiger partial charge is 0.309 e. The monoisotopic (exact) mass is 228 g/mol. The zero-order chi connectivity index (χ0) is 12.0. The van der Waals surface area contributed by atoms with Gasteiger partial charge in [-0.1, -0.05) is 6.92 Å². The highest BCUT2D eigenvalue weighted by molar-refractivity contribution is 5.74. The summed E-state index contributed by atoms with van der Waals surface area (Å²) in [6.45, 7) is 4.51. The Morgan fingerprint density at radius 2 is 2.25 bits per heavy atom. The summed E-state index contributed by atoms with van der Waals surface area (Å²) in [5, 5.41) is 0. The molecule has 0 bridgehead atoms. The summed E-state index contributed by atoms with van der Waals surface area (Å²) in [4.78, 5) is 21.9. The molecular formula is C12H20O4. The number of cyclic esters (lactones) is 1. The van der Waals surface area contributed by atoms with Gasteiger partial charge < -0.3 is 9.47 Å². The minimum atomic E-state index is -0.244. The predicted molar refractivity (Wildman–Crippen MR) is 58.7 cm³/mol. The lowest BCUT2D eigenvalue weighted by atomic mass is 9.89. The summed E-state index contributed by atoms with van der Waals surface area (Å²) in [5.74, 6) is 0.134. The van der Waals surface area contributed by atoms with Crippen LogP contribution in [0.3, 0.4) is 0 Å². The van der Waals surface area contributed by atoms with Crippen LogP contribution in [0, 0.1) is 11.8 Å². The number of hydrogen-bond donors (Lipinski definition) is 0. The number of esters is 2. The van der Waals surface area contributed by atoms with Crippen molar-refractivity contribution in [2.24, 2.45) is 11.8 Å². The molecule has 0 amide bonds. The lowest BCUT2D eigenvalue weighted by Crippen LogP contribution is -2.15. The van der Waals surface area contributed by atoms with E-state index in [0.29, 0.717) is 19.1 Å². The molecule has 92 valence electrons. The van der Waals surface area contributed by atoms with Crippen molar-refractivity contribution in [1.29, 1.82) is 0 Å². The molecule has 0 aromatic carbocycles. The van der Waals surface area contributed by atoms with Crippen LogP contribution in [0.25, 0.3) is 0 Å². The quantitative estimate of drug-likeness (QED) is 0.515. The first-order valence-corrected chi connectivity index (χ1v) is 5.95. The number of carbonyl (C=O) groups is 2. The fourth-order valence-electron chi connectivity index (χ4n) is 2.04. The average Bonchev–Trinajstić information content (AvgIpc) is 2.59. The molecule has 0 saturated carbocycles. The predicted octanol–water partition coefficient (Wildman–Crippen LogP) is 1.92. The lowest BCUT2D eigenvalue weighted by Gasteiger charge is -2.12. The third-order valence-electron chi connectivity index (χ3n) is 3.05. The first-order chi connectivity index (χ1) is 7.65. The highest BCUT2D eigenvalue weighted by Crippen LogP contribution is 2.29. The first kappa shape index (κ1) is 13.0. The van der Waals surface area contributed by atoms with Crippen LogP contribution in [-0.4, -0.2) is 25.2 Å². The third kappa shape index (κ3) is 3.83. The Morgan fingerprint density at radius 3 is 2.88 bits per heavy atom. The average molecular weight is 228 g/mol. The van der Waals surface area contributed by atoms with Crippen LogP contribution >= 0.6 is 0 Å². The second-order valence-corrected chi connectivity index (χ2v) is 4.24. The maximum atomic E-state index is 11.4. The van der Waals surface area contributed by atoms with Crippen LogP contribution < -0.4 is 0 Å². The number of unbranched alkanes of at least 4 members (excludes halogenated alkanes) is 1. The Morgan fingerprint density at radius 1 is 1.50 bits per heavy atom. The SMILES string of the molecule is CCC1COC(=O)C1CCCCOC(C)=O. The van der Waals surface area contributed by atoms with Crippen molar-refractivity contribution in [3.8, 4) is 0 Å². The second kappa shape index (κ2) is 6.51. The zero-order valence-electron chi connectivity index (χ0n) is 10.0. The zero-order valence-corrected chi connectivity index (χ0v) is 10.0. The van der Waals surface area contributed by atoms with E-state index in [2.05, 4.69) is 6.92 Å². The highest BCUT2D eigenvalue weighted by Gasteiger charge is 2.34. The maximum Gasteiger partial charge on any atom is 0.309 e. The summed E-state index contributed by atoms with van der Waals surface area (Å²) in [5.41, 5.74) is 0. The van der Waals surface area contributed by atoms with Crippen LogP contribution in [0.5, 0.6) is 0 Å². The van der Waals surface area contributed by atoms with Gasteiger partial charge in [0.15, 0.2) is 0 Å². The lowest BCUT2D eigenvalue weighted by molar-refractivity contribution is -0.142. The second-order valence-electron chi connectivity index (χ2n) is 4.24.